The maximum Gasteiger partial charge on any atom is 0.244 e. The van der Waals surface area contributed by atoms with Crippen LogP contribution in [0.25, 0.3) is 10.2 Å². The second kappa shape index (κ2) is 8.88. The normalized spacial score (nSPS) is 21.1. The van der Waals surface area contributed by atoms with E-state index in [0.29, 0.717) is 32.5 Å². The molecule has 0 aliphatic carbocycles. The maximum atomic E-state index is 13.3. The molecule has 0 bridgehead atoms. The zero-order valence-corrected chi connectivity index (χ0v) is 19.4. The van der Waals surface area contributed by atoms with Gasteiger partial charge in [-0.1, -0.05) is 12.1 Å². The number of thiazole rings is 1. The molecule has 0 spiro atoms. The Morgan fingerprint density at radius 2 is 1.84 bits per heavy atom. The van der Waals surface area contributed by atoms with Gasteiger partial charge in [0.05, 0.1) is 15.2 Å². The summed E-state index contributed by atoms with van der Waals surface area (Å²) in [6.45, 7) is 2.20. The van der Waals surface area contributed by atoms with Crippen LogP contribution in [-0.2, 0) is 14.8 Å². The first-order chi connectivity index (χ1) is 15.5. The van der Waals surface area contributed by atoms with Crippen LogP contribution in [-0.4, -0.2) is 59.7 Å². The minimum Gasteiger partial charge on any atom is -0.342 e. The van der Waals surface area contributed by atoms with Gasteiger partial charge in [0, 0.05) is 50.4 Å². The van der Waals surface area contributed by atoms with E-state index >= 15 is 0 Å². The minimum absolute atomic E-state index is 0.121. The predicted octanol–water partition coefficient (Wildman–Crippen LogP) is 3.50. The van der Waals surface area contributed by atoms with Crippen LogP contribution in [0.2, 0.25) is 0 Å². The van der Waals surface area contributed by atoms with E-state index in [9.17, 15) is 13.2 Å². The number of piperidine rings is 2. The van der Waals surface area contributed by atoms with Crippen LogP contribution in [0.1, 0.15) is 36.6 Å². The van der Waals surface area contributed by atoms with Gasteiger partial charge in [-0.05, 0) is 49.9 Å². The molecule has 168 valence electrons. The van der Waals surface area contributed by atoms with E-state index in [1.54, 1.807) is 29.7 Å². The molecule has 2 aliphatic heterocycles. The van der Waals surface area contributed by atoms with Gasteiger partial charge in [-0.25, -0.2) is 13.4 Å². The fourth-order valence-corrected chi connectivity index (χ4v) is 7.22. The molecular weight excluding hydrogens is 444 g/mol. The molecule has 7 nitrogen and oxygen atoms in total. The number of carbonyl (C=O) groups excluding carboxylic acids is 1. The second-order valence-corrected chi connectivity index (χ2v) is 11.5. The van der Waals surface area contributed by atoms with Gasteiger partial charge in [0.25, 0.3) is 0 Å². The summed E-state index contributed by atoms with van der Waals surface area (Å²) in [5.41, 5.74) is 1.03. The number of benzene rings is 1. The Hall–Kier alpha value is -2.36. The number of fused-ring (bicyclic) bond motifs is 1. The summed E-state index contributed by atoms with van der Waals surface area (Å²) in [5, 5.41) is 1.11. The number of likely N-dealkylation sites (tertiary alicyclic amines) is 1. The van der Waals surface area contributed by atoms with Crippen LogP contribution < -0.4 is 0 Å². The Morgan fingerprint density at radius 3 is 2.59 bits per heavy atom. The Balaban J connectivity index is 1.22. The number of rotatable bonds is 4. The molecule has 2 fully saturated rings. The number of amides is 1. The Kier molecular flexibility index (Phi) is 5.96. The van der Waals surface area contributed by atoms with Gasteiger partial charge in [0.15, 0.2) is 0 Å². The molecule has 32 heavy (non-hydrogen) atoms. The van der Waals surface area contributed by atoms with Crippen molar-refractivity contribution in [1.29, 1.82) is 0 Å². The van der Waals surface area contributed by atoms with Crippen molar-refractivity contribution in [3.8, 4) is 0 Å². The van der Waals surface area contributed by atoms with Crippen molar-refractivity contribution in [3.63, 3.8) is 0 Å². The molecule has 2 aromatic heterocycles. The monoisotopic (exact) mass is 470 g/mol. The lowest BCUT2D eigenvalue weighted by molar-refractivity contribution is -0.138. The Morgan fingerprint density at radius 1 is 1.03 bits per heavy atom. The van der Waals surface area contributed by atoms with Crippen molar-refractivity contribution in [2.45, 2.75) is 36.5 Å². The van der Waals surface area contributed by atoms with E-state index in [0.717, 1.165) is 29.9 Å². The van der Waals surface area contributed by atoms with Gasteiger partial charge >= 0.3 is 0 Å². The summed E-state index contributed by atoms with van der Waals surface area (Å²) in [5.74, 6) is 0.315. The summed E-state index contributed by atoms with van der Waals surface area (Å²) in [7, 11) is -3.55. The predicted molar refractivity (Wildman–Crippen MR) is 124 cm³/mol. The van der Waals surface area contributed by atoms with E-state index in [1.165, 1.54) is 15.2 Å². The molecule has 2 aliphatic rings. The molecule has 1 amide bonds. The molecule has 3 aromatic rings. The lowest BCUT2D eigenvalue weighted by Gasteiger charge is -2.37. The first-order valence-corrected chi connectivity index (χ1v) is 13.3. The molecule has 0 radical (unpaired) electrons. The average molecular weight is 471 g/mol. The molecule has 1 unspecified atom stereocenters. The summed E-state index contributed by atoms with van der Waals surface area (Å²) in [6.07, 6.45) is 6.07. The number of carbonyl (C=O) groups is 1. The molecule has 5 rings (SSSR count). The van der Waals surface area contributed by atoms with Crippen molar-refractivity contribution in [1.82, 2.24) is 19.2 Å². The maximum absolute atomic E-state index is 13.3. The van der Waals surface area contributed by atoms with Crippen LogP contribution in [0.5, 0.6) is 0 Å². The van der Waals surface area contributed by atoms with E-state index in [-0.39, 0.29) is 22.6 Å². The first kappa shape index (κ1) is 21.5. The highest BCUT2D eigenvalue weighted by Gasteiger charge is 2.35. The fourth-order valence-electron chi connectivity index (χ4n) is 4.69. The summed E-state index contributed by atoms with van der Waals surface area (Å²) in [4.78, 5) is 24.2. The quantitative estimate of drug-likeness (QED) is 0.583. The van der Waals surface area contributed by atoms with E-state index in [1.807, 2.05) is 23.1 Å². The van der Waals surface area contributed by atoms with Crippen LogP contribution in [0.15, 0.2) is 53.7 Å². The summed E-state index contributed by atoms with van der Waals surface area (Å²) in [6, 6.07) is 11.4. The molecule has 1 atom stereocenters. The van der Waals surface area contributed by atoms with Crippen LogP contribution >= 0.6 is 11.3 Å². The number of hydrogen-bond acceptors (Lipinski definition) is 6. The number of para-hydroxylation sites is 1. The van der Waals surface area contributed by atoms with Crippen LogP contribution in [0, 0.1) is 5.92 Å². The third-order valence-electron chi connectivity index (χ3n) is 6.47. The number of pyridine rings is 1. The SMILES string of the molecule is O=C(C1CCN(S(=O)(=O)c2cccnc2)CC1)N1CCCC(c2nc3ccccc3s2)C1. The zero-order chi connectivity index (χ0) is 22.1. The van der Waals surface area contributed by atoms with Crippen molar-refractivity contribution >= 4 is 37.5 Å². The number of hydrogen-bond donors (Lipinski definition) is 0. The lowest BCUT2D eigenvalue weighted by atomic mass is 9.93. The van der Waals surface area contributed by atoms with Gasteiger partial charge < -0.3 is 4.90 Å². The highest BCUT2D eigenvalue weighted by atomic mass is 32.2. The zero-order valence-electron chi connectivity index (χ0n) is 17.8. The first-order valence-electron chi connectivity index (χ1n) is 11.1. The number of sulfonamides is 1. The van der Waals surface area contributed by atoms with Gasteiger partial charge in [0.1, 0.15) is 4.90 Å². The standard InChI is InChI=1S/C23H26N4O3S2/c28-23(17-9-13-27(14-10-17)32(29,30)19-6-3-11-24-15-19)26-12-4-5-18(16-26)22-25-20-7-1-2-8-21(20)31-22/h1-3,6-8,11,15,17-18H,4-5,9-10,12-14,16H2. The van der Waals surface area contributed by atoms with Crippen molar-refractivity contribution in [2.24, 2.45) is 5.92 Å². The molecule has 1 aromatic carbocycles. The molecular formula is C23H26N4O3S2. The molecule has 2 saturated heterocycles. The topological polar surface area (TPSA) is 83.5 Å². The summed E-state index contributed by atoms with van der Waals surface area (Å²) < 4.78 is 28.3. The number of nitrogens with zero attached hydrogens (tertiary/aromatic N) is 4. The molecule has 0 N–H and O–H groups in total. The van der Waals surface area contributed by atoms with Crippen molar-refractivity contribution in [3.05, 3.63) is 53.8 Å². The largest absolute Gasteiger partial charge is 0.342 e. The average Bonchev–Trinajstić information content (AvgIpc) is 3.29. The smallest absolute Gasteiger partial charge is 0.244 e. The Labute approximate surface area is 192 Å². The lowest BCUT2D eigenvalue weighted by Crippen LogP contribution is -2.46. The van der Waals surface area contributed by atoms with E-state index in [4.69, 9.17) is 4.98 Å². The molecule has 0 saturated carbocycles. The van der Waals surface area contributed by atoms with Gasteiger partial charge in [0.2, 0.25) is 15.9 Å². The fraction of sp³-hybridized carbons (Fsp3) is 0.435. The number of aromatic nitrogens is 2. The van der Waals surface area contributed by atoms with Gasteiger partial charge in [-0.15, -0.1) is 11.3 Å². The molecule has 9 heteroatoms. The third kappa shape index (κ3) is 4.16. The van der Waals surface area contributed by atoms with E-state index < -0.39 is 10.0 Å². The highest BCUT2D eigenvalue weighted by molar-refractivity contribution is 7.89. The van der Waals surface area contributed by atoms with E-state index in [2.05, 4.69) is 11.1 Å². The summed E-state index contributed by atoms with van der Waals surface area (Å²) >= 11 is 1.73. The highest BCUT2D eigenvalue weighted by Crippen LogP contribution is 2.34. The molecule has 4 heterocycles. The van der Waals surface area contributed by atoms with Crippen LogP contribution in [0.3, 0.4) is 0 Å². The van der Waals surface area contributed by atoms with Gasteiger partial charge in [-0.2, -0.15) is 4.31 Å². The van der Waals surface area contributed by atoms with Crippen LogP contribution in [0.4, 0.5) is 0 Å². The minimum atomic E-state index is -3.55. The van der Waals surface area contributed by atoms with Crippen molar-refractivity contribution in [2.75, 3.05) is 26.2 Å². The third-order valence-corrected chi connectivity index (χ3v) is 9.55. The Bertz CT molecular complexity index is 1170. The van der Waals surface area contributed by atoms with Crippen molar-refractivity contribution < 1.29 is 13.2 Å². The van der Waals surface area contributed by atoms with Gasteiger partial charge in [-0.3, -0.25) is 9.78 Å². The second-order valence-electron chi connectivity index (χ2n) is 8.51.